The standard InChI is InChI=1S/C21H20ClN3O4/c1-12(26)23-14-4-2-13(3-5-14)10-25-7-6-18-16(11-25)21(29-24-18)15-8-17(22)20(28)9-19(15)27/h2-5,8-9,27-28H,6-7,10-11H2,1H3,(H,23,26). The fourth-order valence-electron chi connectivity index (χ4n) is 3.50. The van der Waals surface area contributed by atoms with Crippen LogP contribution >= 0.6 is 11.6 Å². The van der Waals surface area contributed by atoms with Gasteiger partial charge in [-0.15, -0.1) is 0 Å². The highest BCUT2D eigenvalue weighted by molar-refractivity contribution is 6.32. The second kappa shape index (κ2) is 7.77. The van der Waals surface area contributed by atoms with Crippen LogP contribution in [0.25, 0.3) is 11.3 Å². The van der Waals surface area contributed by atoms with E-state index in [0.717, 1.165) is 42.0 Å². The number of phenolic OH excluding ortho intramolecular Hbond substituents is 2. The monoisotopic (exact) mass is 413 g/mol. The Kier molecular flexibility index (Phi) is 5.17. The summed E-state index contributed by atoms with van der Waals surface area (Å²) in [4.78, 5) is 13.4. The molecular formula is C21H20ClN3O4. The van der Waals surface area contributed by atoms with Gasteiger partial charge in [0.1, 0.15) is 11.5 Å². The Bertz CT molecular complexity index is 1060. The highest BCUT2D eigenvalue weighted by Gasteiger charge is 2.26. The number of anilines is 1. The summed E-state index contributed by atoms with van der Waals surface area (Å²) < 4.78 is 5.51. The highest BCUT2D eigenvalue weighted by atomic mass is 35.5. The van der Waals surface area contributed by atoms with E-state index in [1.165, 1.54) is 19.1 Å². The number of amides is 1. The van der Waals surface area contributed by atoms with Crippen molar-refractivity contribution in [1.82, 2.24) is 10.1 Å². The molecule has 0 fully saturated rings. The molecule has 2 aromatic carbocycles. The van der Waals surface area contributed by atoms with Gasteiger partial charge in [-0.05, 0) is 23.8 Å². The highest BCUT2D eigenvalue weighted by Crippen LogP contribution is 2.40. The van der Waals surface area contributed by atoms with Gasteiger partial charge in [0.15, 0.2) is 5.76 Å². The molecule has 0 saturated carbocycles. The van der Waals surface area contributed by atoms with E-state index in [-0.39, 0.29) is 22.4 Å². The van der Waals surface area contributed by atoms with Crippen LogP contribution in [-0.2, 0) is 24.3 Å². The van der Waals surface area contributed by atoms with E-state index < -0.39 is 0 Å². The lowest BCUT2D eigenvalue weighted by Crippen LogP contribution is -2.30. The molecule has 0 radical (unpaired) electrons. The minimum absolute atomic E-state index is 0.0983. The van der Waals surface area contributed by atoms with Gasteiger partial charge in [-0.25, -0.2) is 0 Å². The summed E-state index contributed by atoms with van der Waals surface area (Å²) in [6.07, 6.45) is 0.732. The smallest absolute Gasteiger partial charge is 0.221 e. The summed E-state index contributed by atoms with van der Waals surface area (Å²) in [6.45, 7) is 3.65. The van der Waals surface area contributed by atoms with Crippen LogP contribution in [0.1, 0.15) is 23.7 Å². The molecule has 7 nitrogen and oxygen atoms in total. The zero-order chi connectivity index (χ0) is 20.5. The number of hydrogen-bond donors (Lipinski definition) is 3. The van der Waals surface area contributed by atoms with Crippen molar-refractivity contribution in [3.8, 4) is 22.8 Å². The van der Waals surface area contributed by atoms with Crippen molar-refractivity contribution in [3.63, 3.8) is 0 Å². The maximum atomic E-state index is 11.1. The van der Waals surface area contributed by atoms with Crippen molar-refractivity contribution >= 4 is 23.2 Å². The Morgan fingerprint density at radius 3 is 2.72 bits per heavy atom. The van der Waals surface area contributed by atoms with E-state index in [1.807, 2.05) is 24.3 Å². The molecule has 1 aliphatic heterocycles. The summed E-state index contributed by atoms with van der Waals surface area (Å²) in [5.41, 5.74) is 4.06. The molecule has 4 rings (SSSR count). The van der Waals surface area contributed by atoms with Crippen molar-refractivity contribution in [1.29, 1.82) is 0 Å². The number of hydrogen-bond acceptors (Lipinski definition) is 6. The van der Waals surface area contributed by atoms with E-state index in [0.29, 0.717) is 17.9 Å². The molecule has 0 bridgehead atoms. The lowest BCUT2D eigenvalue weighted by atomic mass is 10.0. The molecule has 3 aromatic rings. The molecule has 3 N–H and O–H groups in total. The van der Waals surface area contributed by atoms with Gasteiger partial charge in [-0.2, -0.15) is 0 Å². The molecule has 0 aliphatic carbocycles. The minimum atomic E-state index is -0.189. The second-order valence-corrected chi connectivity index (χ2v) is 7.50. The number of fused-ring (bicyclic) bond motifs is 1. The molecule has 150 valence electrons. The Morgan fingerprint density at radius 2 is 2.00 bits per heavy atom. The molecule has 1 amide bonds. The average Bonchev–Trinajstić information content (AvgIpc) is 3.09. The number of carbonyl (C=O) groups is 1. The fourth-order valence-corrected chi connectivity index (χ4v) is 3.67. The molecule has 8 heteroatoms. The van der Waals surface area contributed by atoms with E-state index in [9.17, 15) is 15.0 Å². The number of aromatic hydroxyl groups is 2. The quantitative estimate of drug-likeness (QED) is 0.599. The van der Waals surface area contributed by atoms with Crippen molar-refractivity contribution in [2.24, 2.45) is 0 Å². The number of benzene rings is 2. The maximum absolute atomic E-state index is 11.1. The van der Waals surface area contributed by atoms with Crippen LogP contribution in [0.2, 0.25) is 5.02 Å². The topological polar surface area (TPSA) is 98.8 Å². The van der Waals surface area contributed by atoms with Crippen LogP contribution in [0.3, 0.4) is 0 Å². The van der Waals surface area contributed by atoms with Crippen LogP contribution in [0.4, 0.5) is 5.69 Å². The van der Waals surface area contributed by atoms with Crippen molar-refractivity contribution in [2.75, 3.05) is 11.9 Å². The first kappa shape index (κ1) is 19.3. The molecular weight excluding hydrogens is 394 g/mol. The number of nitrogens with one attached hydrogen (secondary N) is 1. The third kappa shape index (κ3) is 4.06. The number of phenols is 2. The Hall–Kier alpha value is -3.03. The molecule has 2 heterocycles. The number of aromatic nitrogens is 1. The Morgan fingerprint density at radius 1 is 1.24 bits per heavy atom. The van der Waals surface area contributed by atoms with Crippen LogP contribution in [0.15, 0.2) is 40.9 Å². The molecule has 0 spiro atoms. The maximum Gasteiger partial charge on any atom is 0.221 e. The predicted octanol–water partition coefficient (Wildman–Crippen LogP) is 3.92. The van der Waals surface area contributed by atoms with Gasteiger partial charge >= 0.3 is 0 Å². The number of rotatable bonds is 4. The van der Waals surface area contributed by atoms with Crippen molar-refractivity contribution in [2.45, 2.75) is 26.4 Å². The molecule has 29 heavy (non-hydrogen) atoms. The van der Waals surface area contributed by atoms with Crippen LogP contribution in [0, 0.1) is 0 Å². The second-order valence-electron chi connectivity index (χ2n) is 7.10. The summed E-state index contributed by atoms with van der Waals surface area (Å²) in [5, 5.41) is 26.9. The molecule has 0 saturated heterocycles. The summed E-state index contributed by atoms with van der Waals surface area (Å²) in [5.74, 6) is 0.0613. The number of halogens is 1. The summed E-state index contributed by atoms with van der Waals surface area (Å²) >= 11 is 6.01. The third-order valence-corrected chi connectivity index (χ3v) is 5.21. The van der Waals surface area contributed by atoms with Gasteiger partial charge in [0.25, 0.3) is 0 Å². The molecule has 0 unspecified atom stereocenters. The predicted molar refractivity (Wildman–Crippen MR) is 109 cm³/mol. The van der Waals surface area contributed by atoms with E-state index in [1.54, 1.807) is 0 Å². The van der Waals surface area contributed by atoms with Crippen molar-refractivity contribution < 1.29 is 19.5 Å². The van der Waals surface area contributed by atoms with Crippen LogP contribution in [0.5, 0.6) is 11.5 Å². The molecule has 1 aliphatic rings. The fraction of sp³-hybridized carbons (Fsp3) is 0.238. The van der Waals surface area contributed by atoms with E-state index in [4.69, 9.17) is 16.1 Å². The van der Waals surface area contributed by atoms with Gasteiger partial charge in [-0.3, -0.25) is 9.69 Å². The van der Waals surface area contributed by atoms with Gasteiger partial charge in [0.2, 0.25) is 5.91 Å². The first-order valence-corrected chi connectivity index (χ1v) is 9.56. The normalized spacial score (nSPS) is 13.9. The average molecular weight is 414 g/mol. The first-order valence-electron chi connectivity index (χ1n) is 9.19. The van der Waals surface area contributed by atoms with Gasteiger partial charge in [0.05, 0.1) is 16.3 Å². The summed E-state index contributed by atoms with van der Waals surface area (Å²) in [6, 6.07) is 10.4. The minimum Gasteiger partial charge on any atom is -0.507 e. The molecule has 1 aromatic heterocycles. The zero-order valence-corrected chi connectivity index (χ0v) is 16.5. The molecule has 0 atom stereocenters. The summed E-state index contributed by atoms with van der Waals surface area (Å²) in [7, 11) is 0. The third-order valence-electron chi connectivity index (χ3n) is 4.91. The van der Waals surface area contributed by atoms with E-state index in [2.05, 4.69) is 15.4 Å². The Labute approximate surface area is 172 Å². The SMILES string of the molecule is CC(=O)Nc1ccc(CN2CCc3noc(-c4cc(Cl)c(O)cc4O)c3C2)cc1. The van der Waals surface area contributed by atoms with E-state index >= 15 is 0 Å². The number of carbonyl (C=O) groups excluding carboxylic acids is 1. The first-order chi connectivity index (χ1) is 13.9. The lowest BCUT2D eigenvalue weighted by Gasteiger charge is -2.26. The van der Waals surface area contributed by atoms with Gasteiger partial charge in [0, 0.05) is 50.3 Å². The zero-order valence-electron chi connectivity index (χ0n) is 15.8. The van der Waals surface area contributed by atoms with Crippen LogP contribution < -0.4 is 5.32 Å². The Balaban J connectivity index is 1.54. The lowest BCUT2D eigenvalue weighted by molar-refractivity contribution is -0.114. The largest absolute Gasteiger partial charge is 0.507 e. The van der Waals surface area contributed by atoms with Crippen LogP contribution in [-0.4, -0.2) is 32.7 Å². The van der Waals surface area contributed by atoms with Gasteiger partial charge in [-0.1, -0.05) is 28.9 Å². The van der Waals surface area contributed by atoms with Crippen molar-refractivity contribution in [3.05, 3.63) is 58.2 Å². The number of nitrogens with zero attached hydrogens (tertiary/aromatic N) is 2. The van der Waals surface area contributed by atoms with Gasteiger partial charge < -0.3 is 20.1 Å².